The molecule has 0 amide bonds. The molecule has 0 saturated heterocycles. The second-order valence-electron chi connectivity index (χ2n) is 3.77. The SMILES string of the molecule is CC(CCc1ccco1)N[C@@H](C)CO. The van der Waals surface area contributed by atoms with Gasteiger partial charge < -0.3 is 14.8 Å². The summed E-state index contributed by atoms with van der Waals surface area (Å²) in [7, 11) is 0. The third kappa shape index (κ3) is 3.94. The molecule has 1 heterocycles. The normalized spacial score (nSPS) is 15.4. The Morgan fingerprint density at radius 1 is 1.43 bits per heavy atom. The van der Waals surface area contributed by atoms with Gasteiger partial charge in [0.25, 0.3) is 0 Å². The van der Waals surface area contributed by atoms with Crippen molar-refractivity contribution in [2.45, 2.75) is 38.8 Å². The summed E-state index contributed by atoms with van der Waals surface area (Å²) in [4.78, 5) is 0. The minimum Gasteiger partial charge on any atom is -0.469 e. The maximum Gasteiger partial charge on any atom is 0.103 e. The Morgan fingerprint density at radius 2 is 2.21 bits per heavy atom. The topological polar surface area (TPSA) is 45.4 Å². The standard InChI is InChI=1S/C11H19NO2/c1-9(12-10(2)8-13)5-6-11-4-3-7-14-11/h3-4,7,9-10,12-13H,5-6,8H2,1-2H3/t9?,10-/m0/s1. The molecule has 0 spiro atoms. The number of furan rings is 1. The minimum absolute atomic E-state index is 0.168. The van der Waals surface area contributed by atoms with E-state index < -0.39 is 0 Å². The summed E-state index contributed by atoms with van der Waals surface area (Å²) in [5.41, 5.74) is 0. The molecule has 14 heavy (non-hydrogen) atoms. The van der Waals surface area contributed by atoms with Crippen LogP contribution in [-0.4, -0.2) is 23.8 Å². The van der Waals surface area contributed by atoms with Gasteiger partial charge in [-0.2, -0.15) is 0 Å². The van der Waals surface area contributed by atoms with Gasteiger partial charge in [-0.1, -0.05) is 0 Å². The van der Waals surface area contributed by atoms with E-state index in [0.717, 1.165) is 18.6 Å². The Bertz CT molecular complexity index is 233. The fourth-order valence-corrected chi connectivity index (χ4v) is 1.44. The van der Waals surface area contributed by atoms with E-state index >= 15 is 0 Å². The van der Waals surface area contributed by atoms with E-state index in [1.54, 1.807) is 6.26 Å². The van der Waals surface area contributed by atoms with Crippen LogP contribution < -0.4 is 5.32 Å². The van der Waals surface area contributed by atoms with Crippen LogP contribution in [-0.2, 0) is 6.42 Å². The molecule has 1 unspecified atom stereocenters. The Morgan fingerprint density at radius 3 is 2.79 bits per heavy atom. The number of aliphatic hydroxyl groups is 1. The van der Waals surface area contributed by atoms with Gasteiger partial charge in [0.05, 0.1) is 12.9 Å². The van der Waals surface area contributed by atoms with E-state index in [2.05, 4.69) is 12.2 Å². The van der Waals surface area contributed by atoms with Crippen molar-refractivity contribution in [2.75, 3.05) is 6.61 Å². The highest BCUT2D eigenvalue weighted by atomic mass is 16.3. The first-order chi connectivity index (χ1) is 6.72. The first-order valence-electron chi connectivity index (χ1n) is 5.11. The van der Waals surface area contributed by atoms with Crippen molar-refractivity contribution < 1.29 is 9.52 Å². The maximum absolute atomic E-state index is 8.85. The average molecular weight is 197 g/mol. The van der Waals surface area contributed by atoms with Gasteiger partial charge in [0.15, 0.2) is 0 Å². The van der Waals surface area contributed by atoms with Crippen LogP contribution in [0.3, 0.4) is 0 Å². The van der Waals surface area contributed by atoms with Crippen LogP contribution in [0.4, 0.5) is 0 Å². The van der Waals surface area contributed by atoms with Crippen molar-refractivity contribution in [2.24, 2.45) is 0 Å². The highest BCUT2D eigenvalue weighted by molar-refractivity contribution is 4.98. The Balaban J connectivity index is 2.18. The second kappa shape index (κ2) is 5.83. The number of rotatable bonds is 6. The van der Waals surface area contributed by atoms with Crippen LogP contribution in [0.1, 0.15) is 26.0 Å². The Hall–Kier alpha value is -0.800. The smallest absolute Gasteiger partial charge is 0.103 e. The molecule has 1 aromatic rings. The molecule has 0 aliphatic heterocycles. The van der Waals surface area contributed by atoms with Gasteiger partial charge in [-0.3, -0.25) is 0 Å². The molecular weight excluding hydrogens is 178 g/mol. The number of aliphatic hydroxyl groups excluding tert-OH is 1. The summed E-state index contributed by atoms with van der Waals surface area (Å²) < 4.78 is 5.24. The summed E-state index contributed by atoms with van der Waals surface area (Å²) in [5.74, 6) is 1.02. The predicted octanol–water partition coefficient (Wildman–Crippen LogP) is 1.57. The van der Waals surface area contributed by atoms with E-state index in [1.165, 1.54) is 0 Å². The summed E-state index contributed by atoms with van der Waals surface area (Å²) in [6, 6.07) is 4.47. The molecule has 0 fully saturated rings. The lowest BCUT2D eigenvalue weighted by molar-refractivity contribution is 0.240. The summed E-state index contributed by atoms with van der Waals surface area (Å²) in [6.45, 7) is 4.28. The highest BCUT2D eigenvalue weighted by Gasteiger charge is 2.06. The molecule has 0 aliphatic rings. The first-order valence-corrected chi connectivity index (χ1v) is 5.11. The molecule has 0 saturated carbocycles. The molecule has 0 radical (unpaired) electrons. The third-order valence-electron chi connectivity index (χ3n) is 2.25. The van der Waals surface area contributed by atoms with Crippen LogP contribution >= 0.6 is 0 Å². The van der Waals surface area contributed by atoms with Crippen molar-refractivity contribution in [3.63, 3.8) is 0 Å². The van der Waals surface area contributed by atoms with E-state index in [-0.39, 0.29) is 12.6 Å². The molecule has 3 heteroatoms. The van der Waals surface area contributed by atoms with Crippen LogP contribution in [0.5, 0.6) is 0 Å². The Kier molecular flexibility index (Phi) is 4.70. The molecule has 0 aromatic carbocycles. The minimum atomic E-state index is 0.168. The van der Waals surface area contributed by atoms with Crippen LogP contribution in [0.2, 0.25) is 0 Å². The Labute approximate surface area is 85.1 Å². The monoisotopic (exact) mass is 197 g/mol. The summed E-state index contributed by atoms with van der Waals surface area (Å²) in [5, 5.41) is 12.2. The zero-order valence-corrected chi connectivity index (χ0v) is 8.86. The van der Waals surface area contributed by atoms with Crippen molar-refractivity contribution in [3.05, 3.63) is 24.2 Å². The van der Waals surface area contributed by atoms with E-state index in [1.807, 2.05) is 19.1 Å². The van der Waals surface area contributed by atoms with E-state index in [0.29, 0.717) is 6.04 Å². The van der Waals surface area contributed by atoms with Gasteiger partial charge >= 0.3 is 0 Å². The maximum atomic E-state index is 8.85. The fraction of sp³-hybridized carbons (Fsp3) is 0.636. The van der Waals surface area contributed by atoms with Crippen molar-refractivity contribution in [1.82, 2.24) is 5.32 Å². The van der Waals surface area contributed by atoms with Crippen molar-refractivity contribution in [1.29, 1.82) is 0 Å². The lowest BCUT2D eigenvalue weighted by Crippen LogP contribution is -2.36. The molecule has 80 valence electrons. The zero-order valence-electron chi connectivity index (χ0n) is 8.86. The van der Waals surface area contributed by atoms with Crippen LogP contribution in [0.15, 0.2) is 22.8 Å². The number of hydrogen-bond donors (Lipinski definition) is 2. The molecular formula is C11H19NO2. The largest absolute Gasteiger partial charge is 0.469 e. The highest BCUT2D eigenvalue weighted by Crippen LogP contribution is 2.05. The fourth-order valence-electron chi connectivity index (χ4n) is 1.44. The predicted molar refractivity (Wildman–Crippen MR) is 56.2 cm³/mol. The lowest BCUT2D eigenvalue weighted by atomic mass is 10.1. The van der Waals surface area contributed by atoms with Gasteiger partial charge in [-0.25, -0.2) is 0 Å². The summed E-state index contributed by atoms with van der Waals surface area (Å²) >= 11 is 0. The van der Waals surface area contributed by atoms with Crippen LogP contribution in [0, 0.1) is 0 Å². The first kappa shape index (κ1) is 11.3. The molecule has 2 atom stereocenters. The summed E-state index contributed by atoms with van der Waals surface area (Å²) in [6.07, 6.45) is 3.67. The molecule has 1 aromatic heterocycles. The number of nitrogens with one attached hydrogen (secondary N) is 1. The molecule has 3 nitrogen and oxygen atoms in total. The molecule has 2 N–H and O–H groups in total. The van der Waals surface area contributed by atoms with E-state index in [9.17, 15) is 0 Å². The van der Waals surface area contributed by atoms with Gasteiger partial charge in [0.1, 0.15) is 5.76 Å². The van der Waals surface area contributed by atoms with E-state index in [4.69, 9.17) is 9.52 Å². The number of hydrogen-bond acceptors (Lipinski definition) is 3. The van der Waals surface area contributed by atoms with Gasteiger partial charge in [-0.05, 0) is 32.4 Å². The van der Waals surface area contributed by atoms with Gasteiger partial charge in [0.2, 0.25) is 0 Å². The quantitative estimate of drug-likeness (QED) is 0.727. The lowest BCUT2D eigenvalue weighted by Gasteiger charge is -2.17. The molecule has 1 rings (SSSR count). The van der Waals surface area contributed by atoms with Crippen molar-refractivity contribution in [3.8, 4) is 0 Å². The third-order valence-corrected chi connectivity index (χ3v) is 2.25. The second-order valence-corrected chi connectivity index (χ2v) is 3.77. The molecule has 0 bridgehead atoms. The van der Waals surface area contributed by atoms with Crippen molar-refractivity contribution >= 4 is 0 Å². The zero-order chi connectivity index (χ0) is 10.4. The average Bonchev–Trinajstić information content (AvgIpc) is 2.67. The van der Waals surface area contributed by atoms with Crippen LogP contribution in [0.25, 0.3) is 0 Å². The number of aryl methyl sites for hydroxylation is 1. The van der Waals surface area contributed by atoms with Gasteiger partial charge in [0, 0.05) is 18.5 Å². The molecule has 0 aliphatic carbocycles. The van der Waals surface area contributed by atoms with Gasteiger partial charge in [-0.15, -0.1) is 0 Å².